The molecule has 0 aliphatic rings. The molecule has 0 spiro atoms. The Kier molecular flexibility index (Phi) is 3.02. The maximum absolute atomic E-state index is 4.46. The zero-order valence-corrected chi connectivity index (χ0v) is 10.6. The lowest BCUT2D eigenvalue weighted by Crippen LogP contribution is -1.88. The van der Waals surface area contributed by atoms with Crippen LogP contribution in [0.4, 0.5) is 0 Å². The lowest BCUT2D eigenvalue weighted by Gasteiger charge is -2.07. The summed E-state index contributed by atoms with van der Waals surface area (Å²) in [5, 5.41) is 0. The Morgan fingerprint density at radius 3 is 2.47 bits per heavy atom. The van der Waals surface area contributed by atoms with Crippen molar-refractivity contribution in [1.29, 1.82) is 0 Å². The molecule has 3 nitrogen and oxygen atoms in total. The molecule has 3 rings (SSSR count). The SMILES string of the molecule is Cc1ccccc1-c1cc(-c2cncnc2)ccn1. The summed E-state index contributed by atoms with van der Waals surface area (Å²) in [5.74, 6) is 0. The molecule has 0 fully saturated rings. The van der Waals surface area contributed by atoms with Gasteiger partial charge in [-0.15, -0.1) is 0 Å². The summed E-state index contributed by atoms with van der Waals surface area (Å²) < 4.78 is 0. The molecule has 0 N–H and O–H groups in total. The number of aryl methyl sites for hydroxylation is 1. The minimum Gasteiger partial charge on any atom is -0.256 e. The first-order valence-corrected chi connectivity index (χ1v) is 6.12. The molecule has 2 aromatic heterocycles. The van der Waals surface area contributed by atoms with Crippen LogP contribution in [-0.2, 0) is 0 Å². The molecule has 2 heterocycles. The van der Waals surface area contributed by atoms with Crippen molar-refractivity contribution in [2.75, 3.05) is 0 Å². The monoisotopic (exact) mass is 247 g/mol. The molecule has 0 amide bonds. The van der Waals surface area contributed by atoms with Gasteiger partial charge in [0.25, 0.3) is 0 Å². The van der Waals surface area contributed by atoms with Crippen molar-refractivity contribution in [3.63, 3.8) is 0 Å². The average molecular weight is 247 g/mol. The standard InChI is InChI=1S/C16H13N3/c1-12-4-2-3-5-15(12)16-8-13(6-7-19-16)14-9-17-11-18-10-14/h2-11H,1H3. The molecule has 0 unspecified atom stereocenters. The van der Waals surface area contributed by atoms with Gasteiger partial charge in [-0.3, -0.25) is 4.98 Å². The van der Waals surface area contributed by atoms with Crippen molar-refractivity contribution in [3.8, 4) is 22.4 Å². The van der Waals surface area contributed by atoms with Crippen LogP contribution < -0.4 is 0 Å². The number of pyridine rings is 1. The summed E-state index contributed by atoms with van der Waals surface area (Å²) in [6.45, 7) is 2.09. The summed E-state index contributed by atoms with van der Waals surface area (Å²) in [7, 11) is 0. The molecule has 1 aromatic carbocycles. The average Bonchev–Trinajstić information content (AvgIpc) is 2.49. The predicted octanol–water partition coefficient (Wildman–Crippen LogP) is 3.51. The molecule has 0 saturated carbocycles. The van der Waals surface area contributed by atoms with Crippen molar-refractivity contribution in [1.82, 2.24) is 15.0 Å². The Hall–Kier alpha value is -2.55. The molecule has 19 heavy (non-hydrogen) atoms. The Morgan fingerprint density at radius 2 is 1.68 bits per heavy atom. The van der Waals surface area contributed by atoms with E-state index in [0.717, 1.165) is 22.4 Å². The fourth-order valence-corrected chi connectivity index (χ4v) is 2.07. The van der Waals surface area contributed by atoms with Gasteiger partial charge in [0.15, 0.2) is 0 Å². The zero-order valence-electron chi connectivity index (χ0n) is 10.6. The lowest BCUT2D eigenvalue weighted by atomic mass is 10.0. The lowest BCUT2D eigenvalue weighted by molar-refractivity contribution is 1.17. The fourth-order valence-electron chi connectivity index (χ4n) is 2.07. The van der Waals surface area contributed by atoms with E-state index in [1.807, 2.05) is 36.8 Å². The fraction of sp³-hybridized carbons (Fsp3) is 0.0625. The Labute approximate surface area is 112 Å². The molecule has 0 saturated heterocycles. The molecular formula is C16H13N3. The van der Waals surface area contributed by atoms with Crippen LogP contribution in [0, 0.1) is 6.92 Å². The van der Waals surface area contributed by atoms with Crippen molar-refractivity contribution >= 4 is 0 Å². The van der Waals surface area contributed by atoms with E-state index in [2.05, 4.69) is 40.1 Å². The summed E-state index contributed by atoms with van der Waals surface area (Å²) in [6.07, 6.45) is 6.98. The van der Waals surface area contributed by atoms with Gasteiger partial charge in [-0.25, -0.2) is 9.97 Å². The summed E-state index contributed by atoms with van der Waals surface area (Å²) in [5.41, 5.74) is 5.42. The second-order valence-electron chi connectivity index (χ2n) is 4.37. The first-order chi connectivity index (χ1) is 9.34. The maximum Gasteiger partial charge on any atom is 0.115 e. The van der Waals surface area contributed by atoms with E-state index in [1.165, 1.54) is 11.9 Å². The van der Waals surface area contributed by atoms with Crippen LogP contribution in [0.2, 0.25) is 0 Å². The van der Waals surface area contributed by atoms with Crippen molar-refractivity contribution in [2.24, 2.45) is 0 Å². The minimum atomic E-state index is 0.972. The van der Waals surface area contributed by atoms with Crippen LogP contribution in [0.3, 0.4) is 0 Å². The van der Waals surface area contributed by atoms with E-state index in [1.54, 1.807) is 0 Å². The van der Waals surface area contributed by atoms with Gasteiger partial charge in [-0.2, -0.15) is 0 Å². The van der Waals surface area contributed by atoms with Crippen molar-refractivity contribution < 1.29 is 0 Å². The number of benzene rings is 1. The number of rotatable bonds is 2. The van der Waals surface area contributed by atoms with E-state index < -0.39 is 0 Å². The highest BCUT2D eigenvalue weighted by molar-refractivity contribution is 5.70. The quantitative estimate of drug-likeness (QED) is 0.695. The van der Waals surface area contributed by atoms with Gasteiger partial charge >= 0.3 is 0 Å². The molecule has 3 heteroatoms. The number of hydrogen-bond acceptors (Lipinski definition) is 3. The van der Waals surface area contributed by atoms with Crippen LogP contribution in [0.1, 0.15) is 5.56 Å². The van der Waals surface area contributed by atoms with Crippen molar-refractivity contribution in [3.05, 3.63) is 66.9 Å². The minimum absolute atomic E-state index is 0.972. The van der Waals surface area contributed by atoms with E-state index in [4.69, 9.17) is 0 Å². The van der Waals surface area contributed by atoms with E-state index in [-0.39, 0.29) is 0 Å². The predicted molar refractivity (Wildman–Crippen MR) is 75.4 cm³/mol. The Morgan fingerprint density at radius 1 is 0.895 bits per heavy atom. The third-order valence-corrected chi connectivity index (χ3v) is 3.07. The topological polar surface area (TPSA) is 38.7 Å². The van der Waals surface area contributed by atoms with E-state index in [0.29, 0.717) is 0 Å². The molecule has 92 valence electrons. The molecule has 0 radical (unpaired) electrons. The van der Waals surface area contributed by atoms with Gasteiger partial charge in [-0.1, -0.05) is 24.3 Å². The van der Waals surface area contributed by atoms with E-state index in [9.17, 15) is 0 Å². The first-order valence-electron chi connectivity index (χ1n) is 6.12. The van der Waals surface area contributed by atoms with Crippen LogP contribution in [0.15, 0.2) is 61.3 Å². The van der Waals surface area contributed by atoms with Gasteiger partial charge in [-0.05, 0) is 30.2 Å². The van der Waals surface area contributed by atoms with E-state index >= 15 is 0 Å². The number of hydrogen-bond donors (Lipinski definition) is 0. The third kappa shape index (κ3) is 2.36. The zero-order chi connectivity index (χ0) is 13.1. The van der Waals surface area contributed by atoms with Gasteiger partial charge in [0.2, 0.25) is 0 Å². The van der Waals surface area contributed by atoms with Gasteiger partial charge in [0.05, 0.1) is 5.69 Å². The largest absolute Gasteiger partial charge is 0.256 e. The normalized spacial score (nSPS) is 10.4. The maximum atomic E-state index is 4.46. The van der Waals surface area contributed by atoms with Crippen LogP contribution in [0.25, 0.3) is 22.4 Å². The molecule has 0 aliphatic heterocycles. The highest BCUT2D eigenvalue weighted by atomic mass is 14.8. The number of nitrogens with zero attached hydrogens (tertiary/aromatic N) is 3. The van der Waals surface area contributed by atoms with Gasteiger partial charge in [0.1, 0.15) is 6.33 Å². The third-order valence-electron chi connectivity index (χ3n) is 3.07. The molecule has 0 bridgehead atoms. The smallest absolute Gasteiger partial charge is 0.115 e. The van der Waals surface area contributed by atoms with Gasteiger partial charge in [0, 0.05) is 29.7 Å². The Balaban J connectivity index is 2.09. The second kappa shape index (κ2) is 4.98. The second-order valence-corrected chi connectivity index (χ2v) is 4.37. The van der Waals surface area contributed by atoms with Crippen molar-refractivity contribution in [2.45, 2.75) is 6.92 Å². The van der Waals surface area contributed by atoms with Crippen LogP contribution >= 0.6 is 0 Å². The van der Waals surface area contributed by atoms with Gasteiger partial charge < -0.3 is 0 Å². The molecule has 0 aliphatic carbocycles. The summed E-state index contributed by atoms with van der Waals surface area (Å²) >= 11 is 0. The molecular weight excluding hydrogens is 234 g/mol. The van der Waals surface area contributed by atoms with Crippen LogP contribution in [0.5, 0.6) is 0 Å². The molecule has 3 aromatic rings. The summed E-state index contributed by atoms with van der Waals surface area (Å²) in [6, 6.07) is 12.3. The molecule has 0 atom stereocenters. The summed E-state index contributed by atoms with van der Waals surface area (Å²) in [4.78, 5) is 12.6. The first kappa shape index (κ1) is 11.5. The highest BCUT2D eigenvalue weighted by Crippen LogP contribution is 2.25. The highest BCUT2D eigenvalue weighted by Gasteiger charge is 2.05. The Bertz CT molecular complexity index is 693. The van der Waals surface area contributed by atoms with Crippen LogP contribution in [-0.4, -0.2) is 15.0 Å². The number of aromatic nitrogens is 3.